The van der Waals surface area contributed by atoms with Crippen molar-refractivity contribution in [3.05, 3.63) is 0 Å². The van der Waals surface area contributed by atoms with Crippen LogP contribution in [0.3, 0.4) is 0 Å². The molecule has 1 rings (SSSR count). The first-order valence-electron chi connectivity index (χ1n) is 6.50. The first-order chi connectivity index (χ1) is 7.59. The monoisotopic (exact) mass is 226 g/mol. The molecule has 0 heterocycles. The molecule has 0 unspecified atom stereocenters. The second kappa shape index (κ2) is 6.24. The van der Waals surface area contributed by atoms with Gasteiger partial charge in [0.05, 0.1) is 0 Å². The molecule has 1 N–H and O–H groups in total. The van der Waals surface area contributed by atoms with Crippen LogP contribution in [0.1, 0.15) is 45.4 Å². The fraction of sp³-hybridized carbons (Fsp3) is 0.923. The van der Waals surface area contributed by atoms with E-state index in [0.29, 0.717) is 11.8 Å². The number of nitrogens with one attached hydrogen (secondary N) is 1. The predicted octanol–water partition coefficient (Wildman–Crippen LogP) is 2.02. The van der Waals surface area contributed by atoms with Crippen molar-refractivity contribution in [2.24, 2.45) is 5.41 Å². The Hall–Kier alpha value is -0.570. The number of carbonyl (C=O) groups excluding carboxylic acids is 1. The molecule has 0 atom stereocenters. The number of nitrogens with zero attached hydrogens (tertiary/aromatic N) is 1. The third-order valence-electron chi connectivity index (χ3n) is 3.91. The van der Waals surface area contributed by atoms with Crippen LogP contribution in [0, 0.1) is 5.41 Å². The second-order valence-electron chi connectivity index (χ2n) is 5.28. The Balaban J connectivity index is 2.01. The summed E-state index contributed by atoms with van der Waals surface area (Å²) in [4.78, 5) is 13.0. The minimum Gasteiger partial charge on any atom is -0.349 e. The van der Waals surface area contributed by atoms with Gasteiger partial charge in [0.25, 0.3) is 0 Å². The minimum absolute atomic E-state index is 0.232. The molecule has 3 heteroatoms. The topological polar surface area (TPSA) is 32.3 Å². The highest BCUT2D eigenvalue weighted by atomic mass is 16.2. The molecule has 0 aromatic heterocycles. The molecule has 0 aromatic carbocycles. The maximum absolute atomic E-state index is 11.3. The molecular weight excluding hydrogens is 200 g/mol. The third-order valence-corrected chi connectivity index (χ3v) is 3.91. The van der Waals surface area contributed by atoms with Crippen LogP contribution in [0.15, 0.2) is 0 Å². The van der Waals surface area contributed by atoms with Crippen molar-refractivity contribution in [1.82, 2.24) is 10.2 Å². The maximum atomic E-state index is 11.3. The zero-order valence-electron chi connectivity index (χ0n) is 11.0. The highest BCUT2D eigenvalue weighted by Gasteiger charge is 2.34. The summed E-state index contributed by atoms with van der Waals surface area (Å²) >= 11 is 0. The van der Waals surface area contributed by atoms with Gasteiger partial charge in [0.15, 0.2) is 0 Å². The van der Waals surface area contributed by atoms with Crippen molar-refractivity contribution in [3.63, 3.8) is 0 Å². The molecule has 1 aliphatic rings. The van der Waals surface area contributed by atoms with Crippen LogP contribution in [-0.4, -0.2) is 38.0 Å². The van der Waals surface area contributed by atoms with Crippen molar-refractivity contribution < 1.29 is 4.79 Å². The van der Waals surface area contributed by atoms with Gasteiger partial charge in [-0.25, -0.2) is 0 Å². The number of rotatable bonds is 7. The smallest absolute Gasteiger partial charge is 0.222 e. The molecule has 1 aliphatic carbocycles. The van der Waals surface area contributed by atoms with Gasteiger partial charge in [-0.2, -0.15) is 0 Å². The van der Waals surface area contributed by atoms with Gasteiger partial charge in [-0.3, -0.25) is 4.79 Å². The van der Waals surface area contributed by atoms with E-state index in [0.717, 1.165) is 19.5 Å². The Morgan fingerprint density at radius 2 is 2.06 bits per heavy atom. The van der Waals surface area contributed by atoms with E-state index in [1.807, 2.05) is 14.1 Å². The Morgan fingerprint density at radius 3 is 2.50 bits per heavy atom. The zero-order valence-corrected chi connectivity index (χ0v) is 11.0. The SMILES string of the molecule is CCC1(CNCCCC(=O)N(C)C)CCC1. The number of hydrogen-bond donors (Lipinski definition) is 1. The van der Waals surface area contributed by atoms with Gasteiger partial charge in [-0.15, -0.1) is 0 Å². The van der Waals surface area contributed by atoms with Gasteiger partial charge in [0, 0.05) is 27.1 Å². The van der Waals surface area contributed by atoms with Crippen molar-refractivity contribution in [3.8, 4) is 0 Å². The predicted molar refractivity (Wildman–Crippen MR) is 67.4 cm³/mol. The summed E-state index contributed by atoms with van der Waals surface area (Å²) < 4.78 is 0. The van der Waals surface area contributed by atoms with Gasteiger partial charge in [0.2, 0.25) is 5.91 Å². The van der Waals surface area contributed by atoms with Gasteiger partial charge >= 0.3 is 0 Å². The summed E-state index contributed by atoms with van der Waals surface area (Å²) in [6.45, 7) is 4.40. The van der Waals surface area contributed by atoms with Crippen LogP contribution in [0.4, 0.5) is 0 Å². The summed E-state index contributed by atoms with van der Waals surface area (Å²) in [6, 6.07) is 0. The van der Waals surface area contributed by atoms with E-state index in [2.05, 4.69) is 12.2 Å². The molecule has 0 radical (unpaired) electrons. The number of carbonyl (C=O) groups is 1. The van der Waals surface area contributed by atoms with Gasteiger partial charge in [-0.1, -0.05) is 13.3 Å². The van der Waals surface area contributed by atoms with Crippen molar-refractivity contribution in [2.75, 3.05) is 27.2 Å². The van der Waals surface area contributed by atoms with Crippen LogP contribution < -0.4 is 5.32 Å². The molecule has 0 aromatic rings. The van der Waals surface area contributed by atoms with Gasteiger partial charge in [-0.05, 0) is 37.6 Å². The molecule has 16 heavy (non-hydrogen) atoms. The molecule has 0 aliphatic heterocycles. The molecule has 94 valence electrons. The fourth-order valence-electron chi connectivity index (χ4n) is 2.27. The van der Waals surface area contributed by atoms with E-state index in [9.17, 15) is 4.79 Å². The second-order valence-corrected chi connectivity index (χ2v) is 5.28. The molecule has 1 saturated carbocycles. The molecule has 1 fully saturated rings. The summed E-state index contributed by atoms with van der Waals surface area (Å²) in [5.41, 5.74) is 0.589. The lowest BCUT2D eigenvalue weighted by atomic mass is 9.67. The summed E-state index contributed by atoms with van der Waals surface area (Å²) in [5.74, 6) is 0.232. The first kappa shape index (κ1) is 13.5. The Morgan fingerprint density at radius 1 is 1.38 bits per heavy atom. The number of hydrogen-bond acceptors (Lipinski definition) is 2. The van der Waals surface area contributed by atoms with Crippen molar-refractivity contribution in [1.29, 1.82) is 0 Å². The highest BCUT2D eigenvalue weighted by Crippen LogP contribution is 2.42. The third kappa shape index (κ3) is 3.78. The summed E-state index contributed by atoms with van der Waals surface area (Å²) in [6.07, 6.45) is 7.07. The van der Waals surface area contributed by atoms with Crippen molar-refractivity contribution >= 4 is 5.91 Å². The highest BCUT2D eigenvalue weighted by molar-refractivity contribution is 5.75. The Labute approximate surface area is 99.6 Å². The Bertz CT molecular complexity index is 216. The standard InChI is InChI=1S/C13H26N2O/c1-4-13(8-6-9-13)11-14-10-5-7-12(16)15(2)3/h14H,4-11H2,1-3H3. The van der Waals surface area contributed by atoms with E-state index < -0.39 is 0 Å². The Kier molecular flexibility index (Phi) is 5.26. The molecule has 0 spiro atoms. The molecule has 0 saturated heterocycles. The zero-order chi connectivity index (χ0) is 12.0. The minimum atomic E-state index is 0.232. The average Bonchev–Trinajstić information content (AvgIpc) is 2.20. The van der Waals surface area contributed by atoms with Crippen LogP contribution in [0.25, 0.3) is 0 Å². The summed E-state index contributed by atoms with van der Waals surface area (Å²) in [7, 11) is 3.63. The first-order valence-corrected chi connectivity index (χ1v) is 6.50. The van der Waals surface area contributed by atoms with E-state index in [1.165, 1.54) is 25.7 Å². The van der Waals surface area contributed by atoms with Crippen LogP contribution in [0.5, 0.6) is 0 Å². The van der Waals surface area contributed by atoms with E-state index in [1.54, 1.807) is 4.90 Å². The quantitative estimate of drug-likeness (QED) is 0.674. The molecular formula is C13H26N2O. The average molecular weight is 226 g/mol. The molecule has 0 bridgehead atoms. The molecule has 3 nitrogen and oxygen atoms in total. The lowest BCUT2D eigenvalue weighted by Gasteiger charge is -2.41. The lowest BCUT2D eigenvalue weighted by molar-refractivity contribution is -0.128. The van der Waals surface area contributed by atoms with Crippen LogP contribution in [0.2, 0.25) is 0 Å². The van der Waals surface area contributed by atoms with Gasteiger partial charge < -0.3 is 10.2 Å². The van der Waals surface area contributed by atoms with E-state index in [4.69, 9.17) is 0 Å². The van der Waals surface area contributed by atoms with E-state index >= 15 is 0 Å². The van der Waals surface area contributed by atoms with Crippen LogP contribution >= 0.6 is 0 Å². The lowest BCUT2D eigenvalue weighted by Crippen LogP contribution is -2.39. The van der Waals surface area contributed by atoms with Crippen LogP contribution in [-0.2, 0) is 4.79 Å². The summed E-state index contributed by atoms with van der Waals surface area (Å²) in [5, 5.41) is 3.50. The van der Waals surface area contributed by atoms with Gasteiger partial charge in [0.1, 0.15) is 0 Å². The number of amides is 1. The van der Waals surface area contributed by atoms with Crippen molar-refractivity contribution in [2.45, 2.75) is 45.4 Å². The largest absolute Gasteiger partial charge is 0.349 e. The normalized spacial score (nSPS) is 17.9. The maximum Gasteiger partial charge on any atom is 0.222 e. The molecule has 1 amide bonds. The van der Waals surface area contributed by atoms with E-state index in [-0.39, 0.29) is 5.91 Å². The fourth-order valence-corrected chi connectivity index (χ4v) is 2.27.